The Morgan fingerprint density at radius 1 is 1.35 bits per heavy atom. The fourth-order valence-electron chi connectivity index (χ4n) is 2.13. The highest BCUT2D eigenvalue weighted by Gasteiger charge is 2.20. The van der Waals surface area contributed by atoms with E-state index in [4.69, 9.17) is 0 Å². The molecule has 1 atom stereocenters. The Labute approximate surface area is 103 Å². The normalized spacial score (nSPS) is 19.9. The third kappa shape index (κ3) is 3.30. The van der Waals surface area contributed by atoms with Crippen LogP contribution in [0, 0.1) is 0 Å². The molecule has 0 saturated carbocycles. The maximum atomic E-state index is 11.9. The van der Waals surface area contributed by atoms with Crippen molar-refractivity contribution in [3.63, 3.8) is 0 Å². The maximum absolute atomic E-state index is 11.9. The standard InChI is InChI=1S/C14H20N2O/c1-2-11-6-8-12(9-7-11)16-14(17)13-5-3-4-10-15-13/h6-9,13,15H,2-5,10H2,1H3,(H,16,17)/t13-/m1/s1. The van der Waals surface area contributed by atoms with Gasteiger partial charge in [-0.1, -0.05) is 25.5 Å². The van der Waals surface area contributed by atoms with E-state index in [-0.39, 0.29) is 11.9 Å². The van der Waals surface area contributed by atoms with Gasteiger partial charge in [0.1, 0.15) is 0 Å². The van der Waals surface area contributed by atoms with Crippen molar-refractivity contribution in [3.8, 4) is 0 Å². The molecule has 0 spiro atoms. The summed E-state index contributed by atoms with van der Waals surface area (Å²) in [5.41, 5.74) is 2.18. The third-order valence-electron chi connectivity index (χ3n) is 3.26. The van der Waals surface area contributed by atoms with E-state index in [9.17, 15) is 4.79 Å². The lowest BCUT2D eigenvalue weighted by Gasteiger charge is -2.22. The average Bonchev–Trinajstić information content (AvgIpc) is 2.40. The molecule has 3 heteroatoms. The summed E-state index contributed by atoms with van der Waals surface area (Å²) in [6.45, 7) is 3.08. The molecule has 2 N–H and O–H groups in total. The lowest BCUT2D eigenvalue weighted by atomic mass is 10.0. The zero-order valence-electron chi connectivity index (χ0n) is 10.3. The number of rotatable bonds is 3. The van der Waals surface area contributed by atoms with Crippen LogP contribution in [-0.4, -0.2) is 18.5 Å². The van der Waals surface area contributed by atoms with Crippen LogP contribution in [0.4, 0.5) is 5.69 Å². The van der Waals surface area contributed by atoms with E-state index in [0.29, 0.717) is 0 Å². The number of benzene rings is 1. The van der Waals surface area contributed by atoms with Crippen LogP contribution in [0.15, 0.2) is 24.3 Å². The molecule has 1 aliphatic rings. The summed E-state index contributed by atoms with van der Waals surface area (Å²) in [5, 5.41) is 6.21. The summed E-state index contributed by atoms with van der Waals surface area (Å²) in [5.74, 6) is 0.0916. The number of anilines is 1. The third-order valence-corrected chi connectivity index (χ3v) is 3.26. The van der Waals surface area contributed by atoms with Crippen LogP contribution in [0.5, 0.6) is 0 Å². The molecule has 17 heavy (non-hydrogen) atoms. The van der Waals surface area contributed by atoms with Gasteiger partial charge in [0.05, 0.1) is 6.04 Å². The van der Waals surface area contributed by atoms with Crippen molar-refractivity contribution in [2.45, 2.75) is 38.6 Å². The Morgan fingerprint density at radius 3 is 2.71 bits per heavy atom. The molecular formula is C14H20N2O. The first-order valence-corrected chi connectivity index (χ1v) is 6.43. The summed E-state index contributed by atoms with van der Waals surface area (Å²) in [7, 11) is 0. The van der Waals surface area contributed by atoms with Crippen molar-refractivity contribution in [2.75, 3.05) is 11.9 Å². The number of hydrogen-bond acceptors (Lipinski definition) is 2. The molecule has 1 fully saturated rings. The molecule has 1 heterocycles. The molecule has 1 amide bonds. The van der Waals surface area contributed by atoms with Crippen LogP contribution in [0.2, 0.25) is 0 Å². The van der Waals surface area contributed by atoms with E-state index < -0.39 is 0 Å². The van der Waals surface area contributed by atoms with Gasteiger partial charge in [0, 0.05) is 5.69 Å². The van der Waals surface area contributed by atoms with Gasteiger partial charge in [0.15, 0.2) is 0 Å². The quantitative estimate of drug-likeness (QED) is 0.839. The van der Waals surface area contributed by atoms with Crippen molar-refractivity contribution >= 4 is 11.6 Å². The molecule has 0 aromatic heterocycles. The second-order valence-electron chi connectivity index (χ2n) is 4.54. The zero-order chi connectivity index (χ0) is 12.1. The average molecular weight is 232 g/mol. The lowest BCUT2D eigenvalue weighted by Crippen LogP contribution is -2.43. The first kappa shape index (κ1) is 12.1. The fourth-order valence-corrected chi connectivity index (χ4v) is 2.13. The summed E-state index contributed by atoms with van der Waals surface area (Å²) in [4.78, 5) is 11.9. The van der Waals surface area contributed by atoms with Gasteiger partial charge >= 0.3 is 0 Å². The van der Waals surface area contributed by atoms with E-state index in [1.165, 1.54) is 12.0 Å². The number of nitrogens with one attached hydrogen (secondary N) is 2. The highest BCUT2D eigenvalue weighted by atomic mass is 16.2. The van der Waals surface area contributed by atoms with Gasteiger partial charge in [-0.05, 0) is 43.5 Å². The van der Waals surface area contributed by atoms with E-state index in [1.807, 2.05) is 12.1 Å². The molecular weight excluding hydrogens is 212 g/mol. The van der Waals surface area contributed by atoms with Gasteiger partial charge in [0.2, 0.25) is 5.91 Å². The summed E-state index contributed by atoms with van der Waals surface area (Å²) < 4.78 is 0. The Kier molecular flexibility index (Phi) is 4.15. The first-order chi connectivity index (χ1) is 8.29. The van der Waals surface area contributed by atoms with Crippen LogP contribution >= 0.6 is 0 Å². The summed E-state index contributed by atoms with van der Waals surface area (Å²) in [6, 6.07) is 8.04. The van der Waals surface area contributed by atoms with Gasteiger partial charge in [-0.2, -0.15) is 0 Å². The van der Waals surface area contributed by atoms with Crippen LogP contribution in [0.1, 0.15) is 31.7 Å². The Morgan fingerprint density at radius 2 is 2.12 bits per heavy atom. The SMILES string of the molecule is CCc1ccc(NC(=O)[C@H]2CCCCN2)cc1. The van der Waals surface area contributed by atoms with Gasteiger partial charge in [0.25, 0.3) is 0 Å². The van der Waals surface area contributed by atoms with Gasteiger partial charge in [-0.25, -0.2) is 0 Å². The van der Waals surface area contributed by atoms with E-state index >= 15 is 0 Å². The molecule has 1 aromatic carbocycles. The van der Waals surface area contributed by atoms with Crippen molar-refractivity contribution < 1.29 is 4.79 Å². The Balaban J connectivity index is 1.92. The maximum Gasteiger partial charge on any atom is 0.241 e. The minimum Gasteiger partial charge on any atom is -0.325 e. The fraction of sp³-hybridized carbons (Fsp3) is 0.500. The lowest BCUT2D eigenvalue weighted by molar-refractivity contribution is -0.118. The van der Waals surface area contributed by atoms with E-state index in [1.54, 1.807) is 0 Å². The minimum absolute atomic E-state index is 0.0189. The van der Waals surface area contributed by atoms with Crippen LogP contribution < -0.4 is 10.6 Å². The topological polar surface area (TPSA) is 41.1 Å². The predicted octanol–water partition coefficient (Wildman–Crippen LogP) is 2.33. The van der Waals surface area contributed by atoms with Crippen molar-refractivity contribution in [1.82, 2.24) is 5.32 Å². The monoisotopic (exact) mass is 232 g/mol. The van der Waals surface area contributed by atoms with Crippen LogP contribution in [0.3, 0.4) is 0 Å². The molecule has 3 nitrogen and oxygen atoms in total. The van der Waals surface area contributed by atoms with Crippen molar-refractivity contribution in [2.24, 2.45) is 0 Å². The number of piperidine rings is 1. The summed E-state index contributed by atoms with van der Waals surface area (Å²) in [6.07, 6.45) is 4.28. The second kappa shape index (κ2) is 5.82. The molecule has 0 radical (unpaired) electrons. The Bertz CT molecular complexity index is 366. The van der Waals surface area contributed by atoms with Gasteiger partial charge in [-0.15, -0.1) is 0 Å². The number of carbonyl (C=O) groups excluding carboxylic acids is 1. The predicted molar refractivity (Wildman–Crippen MR) is 70.1 cm³/mol. The smallest absolute Gasteiger partial charge is 0.241 e. The molecule has 2 rings (SSSR count). The molecule has 0 unspecified atom stereocenters. The molecule has 1 aromatic rings. The molecule has 92 valence electrons. The number of hydrogen-bond donors (Lipinski definition) is 2. The van der Waals surface area contributed by atoms with Crippen LogP contribution in [-0.2, 0) is 11.2 Å². The van der Waals surface area contributed by atoms with E-state index in [0.717, 1.165) is 31.5 Å². The summed E-state index contributed by atoms with van der Waals surface area (Å²) >= 11 is 0. The minimum atomic E-state index is -0.0189. The molecule has 0 aliphatic carbocycles. The second-order valence-corrected chi connectivity index (χ2v) is 4.54. The van der Waals surface area contributed by atoms with Crippen molar-refractivity contribution in [3.05, 3.63) is 29.8 Å². The largest absolute Gasteiger partial charge is 0.325 e. The first-order valence-electron chi connectivity index (χ1n) is 6.43. The number of amides is 1. The highest BCUT2D eigenvalue weighted by Crippen LogP contribution is 2.13. The molecule has 1 saturated heterocycles. The number of carbonyl (C=O) groups is 1. The number of aryl methyl sites for hydroxylation is 1. The molecule has 0 bridgehead atoms. The van der Waals surface area contributed by atoms with E-state index in [2.05, 4.69) is 29.7 Å². The van der Waals surface area contributed by atoms with Crippen LogP contribution in [0.25, 0.3) is 0 Å². The van der Waals surface area contributed by atoms with Gasteiger partial charge in [-0.3, -0.25) is 4.79 Å². The highest BCUT2D eigenvalue weighted by molar-refractivity contribution is 5.94. The van der Waals surface area contributed by atoms with Crippen molar-refractivity contribution in [1.29, 1.82) is 0 Å². The molecule has 1 aliphatic heterocycles. The zero-order valence-corrected chi connectivity index (χ0v) is 10.3. The van der Waals surface area contributed by atoms with Gasteiger partial charge < -0.3 is 10.6 Å². The Hall–Kier alpha value is -1.35.